The summed E-state index contributed by atoms with van der Waals surface area (Å²) in [6.07, 6.45) is 2.92. The molecule has 0 amide bonds. The Morgan fingerprint density at radius 3 is 2.95 bits per heavy atom. The number of rotatable bonds is 0. The first-order chi connectivity index (χ1) is 9.72. The SMILES string of the molecule is CN1CCC2CC(=O)c3[nH]c4ccccc4c3CC2C1. The van der Waals surface area contributed by atoms with Gasteiger partial charge in [-0.25, -0.2) is 0 Å². The van der Waals surface area contributed by atoms with Crippen LogP contribution in [0.3, 0.4) is 0 Å². The molecular weight excluding hydrogens is 248 g/mol. The topological polar surface area (TPSA) is 36.1 Å². The molecule has 104 valence electrons. The third-order valence-corrected chi connectivity index (χ3v) is 5.10. The van der Waals surface area contributed by atoms with Crippen LogP contribution in [0.25, 0.3) is 10.9 Å². The lowest BCUT2D eigenvalue weighted by Crippen LogP contribution is -2.38. The molecule has 1 aliphatic carbocycles. The molecule has 20 heavy (non-hydrogen) atoms. The number of fused-ring (bicyclic) bond motifs is 4. The number of hydrogen-bond acceptors (Lipinski definition) is 2. The molecule has 2 unspecified atom stereocenters. The van der Waals surface area contributed by atoms with E-state index in [0.717, 1.165) is 43.6 Å². The van der Waals surface area contributed by atoms with Crippen LogP contribution in [0, 0.1) is 11.8 Å². The Balaban J connectivity index is 1.82. The van der Waals surface area contributed by atoms with E-state index in [1.807, 2.05) is 6.07 Å². The lowest BCUT2D eigenvalue weighted by Gasteiger charge is -2.35. The maximum Gasteiger partial charge on any atom is 0.179 e. The third-order valence-electron chi connectivity index (χ3n) is 5.10. The van der Waals surface area contributed by atoms with Crippen LogP contribution < -0.4 is 0 Å². The van der Waals surface area contributed by atoms with Crippen LogP contribution in [-0.4, -0.2) is 35.8 Å². The van der Waals surface area contributed by atoms with Gasteiger partial charge in [0, 0.05) is 23.9 Å². The first-order valence-corrected chi connectivity index (χ1v) is 7.53. The number of likely N-dealkylation sites (tertiary alicyclic amines) is 1. The average Bonchev–Trinajstić information content (AvgIpc) is 2.74. The number of hydrogen-bond donors (Lipinski definition) is 1. The third kappa shape index (κ3) is 1.80. The number of aromatic amines is 1. The van der Waals surface area contributed by atoms with Gasteiger partial charge in [0.05, 0.1) is 5.69 Å². The van der Waals surface area contributed by atoms with Crippen LogP contribution in [0.1, 0.15) is 28.9 Å². The molecule has 2 heterocycles. The number of Topliss-reactive ketones (excluding diaryl/α,β-unsaturated/α-hetero) is 1. The Bertz CT molecular complexity index is 673. The summed E-state index contributed by atoms with van der Waals surface area (Å²) in [5.74, 6) is 1.50. The van der Waals surface area contributed by atoms with Gasteiger partial charge >= 0.3 is 0 Å². The molecule has 3 nitrogen and oxygen atoms in total. The molecule has 2 atom stereocenters. The normalized spacial score (nSPS) is 27.1. The number of para-hydroxylation sites is 1. The van der Waals surface area contributed by atoms with Gasteiger partial charge in [0.15, 0.2) is 5.78 Å². The summed E-state index contributed by atoms with van der Waals surface area (Å²) in [5.41, 5.74) is 3.24. The number of carbonyl (C=O) groups is 1. The van der Waals surface area contributed by atoms with Gasteiger partial charge in [-0.05, 0) is 49.9 Å². The minimum Gasteiger partial charge on any atom is -0.352 e. The number of H-pyrrole nitrogens is 1. The van der Waals surface area contributed by atoms with Gasteiger partial charge in [-0.3, -0.25) is 4.79 Å². The Hall–Kier alpha value is -1.61. The summed E-state index contributed by atoms with van der Waals surface area (Å²) >= 11 is 0. The molecule has 0 spiro atoms. The van der Waals surface area contributed by atoms with Crippen LogP contribution in [0.15, 0.2) is 24.3 Å². The van der Waals surface area contributed by atoms with E-state index in [1.165, 1.54) is 10.9 Å². The van der Waals surface area contributed by atoms with E-state index >= 15 is 0 Å². The Morgan fingerprint density at radius 1 is 1.20 bits per heavy atom. The van der Waals surface area contributed by atoms with Gasteiger partial charge in [-0.15, -0.1) is 0 Å². The van der Waals surface area contributed by atoms with E-state index in [0.29, 0.717) is 17.6 Å². The van der Waals surface area contributed by atoms with Crippen molar-refractivity contribution in [3.8, 4) is 0 Å². The molecule has 3 heteroatoms. The number of carbonyl (C=O) groups excluding carboxylic acids is 1. The second-order valence-corrected chi connectivity index (χ2v) is 6.43. The van der Waals surface area contributed by atoms with Crippen LogP contribution in [0.4, 0.5) is 0 Å². The highest BCUT2D eigenvalue weighted by Gasteiger charge is 2.35. The molecule has 1 aromatic carbocycles. The largest absolute Gasteiger partial charge is 0.352 e. The fourth-order valence-corrected chi connectivity index (χ4v) is 4.02. The number of nitrogens with one attached hydrogen (secondary N) is 1. The van der Waals surface area contributed by atoms with Gasteiger partial charge in [0.2, 0.25) is 0 Å². The summed E-state index contributed by atoms with van der Waals surface area (Å²) in [5, 5.41) is 1.24. The first-order valence-electron chi connectivity index (χ1n) is 7.53. The molecule has 2 aromatic rings. The molecular formula is C17H20N2O. The minimum atomic E-state index is 0.313. The summed E-state index contributed by atoms with van der Waals surface area (Å²) in [6.45, 7) is 2.25. The van der Waals surface area contributed by atoms with E-state index in [2.05, 4.69) is 35.1 Å². The predicted octanol–water partition coefficient (Wildman–Crippen LogP) is 2.86. The standard InChI is InChI=1S/C17H20N2O/c1-19-7-6-11-9-16(20)17-14(8-12(11)10-19)13-4-2-3-5-15(13)18-17/h2-5,11-12,18H,6-10H2,1H3. The number of ketones is 1. The van der Waals surface area contributed by atoms with Crippen LogP contribution in [0.2, 0.25) is 0 Å². The average molecular weight is 268 g/mol. The fourth-order valence-electron chi connectivity index (χ4n) is 4.02. The van der Waals surface area contributed by atoms with Crippen molar-refractivity contribution >= 4 is 16.7 Å². The van der Waals surface area contributed by atoms with Crippen molar-refractivity contribution in [1.82, 2.24) is 9.88 Å². The lowest BCUT2D eigenvalue weighted by molar-refractivity contribution is 0.0886. The zero-order valence-corrected chi connectivity index (χ0v) is 11.9. The smallest absolute Gasteiger partial charge is 0.179 e. The minimum absolute atomic E-state index is 0.313. The number of benzene rings is 1. The highest BCUT2D eigenvalue weighted by Crippen LogP contribution is 2.37. The number of aromatic nitrogens is 1. The highest BCUT2D eigenvalue weighted by molar-refractivity contribution is 6.02. The molecule has 0 radical (unpaired) electrons. The lowest BCUT2D eigenvalue weighted by atomic mass is 9.81. The molecule has 1 aromatic heterocycles. The molecule has 1 N–H and O–H groups in total. The van der Waals surface area contributed by atoms with E-state index < -0.39 is 0 Å². The number of piperidine rings is 1. The van der Waals surface area contributed by atoms with Crippen molar-refractivity contribution in [3.05, 3.63) is 35.5 Å². The van der Waals surface area contributed by atoms with E-state index in [-0.39, 0.29) is 0 Å². The Morgan fingerprint density at radius 2 is 2.05 bits per heavy atom. The summed E-state index contributed by atoms with van der Waals surface area (Å²) in [6, 6.07) is 8.31. The second kappa shape index (κ2) is 4.45. The Kier molecular flexibility index (Phi) is 2.71. The highest BCUT2D eigenvalue weighted by atomic mass is 16.1. The molecule has 1 fully saturated rings. The zero-order valence-electron chi connectivity index (χ0n) is 11.9. The van der Waals surface area contributed by atoms with Crippen molar-refractivity contribution in [1.29, 1.82) is 0 Å². The van der Waals surface area contributed by atoms with Crippen molar-refractivity contribution in [2.45, 2.75) is 19.3 Å². The van der Waals surface area contributed by atoms with Crippen molar-refractivity contribution in [3.63, 3.8) is 0 Å². The van der Waals surface area contributed by atoms with E-state index in [1.54, 1.807) is 0 Å². The van der Waals surface area contributed by atoms with Crippen LogP contribution in [0.5, 0.6) is 0 Å². The maximum atomic E-state index is 12.6. The van der Waals surface area contributed by atoms with E-state index in [9.17, 15) is 4.79 Å². The predicted molar refractivity (Wildman–Crippen MR) is 80.0 cm³/mol. The van der Waals surface area contributed by atoms with Crippen molar-refractivity contribution in [2.24, 2.45) is 11.8 Å². The van der Waals surface area contributed by atoms with Crippen LogP contribution >= 0.6 is 0 Å². The zero-order chi connectivity index (χ0) is 13.7. The number of nitrogens with zero attached hydrogens (tertiary/aromatic N) is 1. The van der Waals surface area contributed by atoms with Gasteiger partial charge in [-0.2, -0.15) is 0 Å². The van der Waals surface area contributed by atoms with Gasteiger partial charge in [-0.1, -0.05) is 18.2 Å². The summed E-state index contributed by atoms with van der Waals surface area (Å²) in [4.78, 5) is 18.3. The van der Waals surface area contributed by atoms with Crippen molar-refractivity contribution in [2.75, 3.05) is 20.1 Å². The molecule has 0 bridgehead atoms. The summed E-state index contributed by atoms with van der Waals surface area (Å²) in [7, 11) is 2.19. The van der Waals surface area contributed by atoms with Crippen molar-refractivity contribution < 1.29 is 4.79 Å². The molecule has 1 aliphatic heterocycles. The second-order valence-electron chi connectivity index (χ2n) is 6.43. The summed E-state index contributed by atoms with van der Waals surface area (Å²) < 4.78 is 0. The molecule has 4 rings (SSSR count). The van der Waals surface area contributed by atoms with Crippen LogP contribution in [-0.2, 0) is 6.42 Å². The fraction of sp³-hybridized carbons (Fsp3) is 0.471. The van der Waals surface area contributed by atoms with Gasteiger partial charge in [0.1, 0.15) is 0 Å². The Labute approximate surface area is 119 Å². The molecule has 2 aliphatic rings. The van der Waals surface area contributed by atoms with E-state index in [4.69, 9.17) is 0 Å². The maximum absolute atomic E-state index is 12.6. The quantitative estimate of drug-likeness (QED) is 0.797. The molecule has 0 saturated carbocycles. The van der Waals surface area contributed by atoms with Gasteiger partial charge < -0.3 is 9.88 Å². The molecule has 1 saturated heterocycles. The van der Waals surface area contributed by atoms with Gasteiger partial charge in [0.25, 0.3) is 0 Å². The monoisotopic (exact) mass is 268 g/mol. The first kappa shape index (κ1) is 12.2.